The zero-order valence-corrected chi connectivity index (χ0v) is 11.6. The number of hydrogen-bond acceptors (Lipinski definition) is 4. The smallest absolute Gasteiger partial charge is 0.323 e. The lowest BCUT2D eigenvalue weighted by Gasteiger charge is -2.22. The van der Waals surface area contributed by atoms with Gasteiger partial charge in [0.15, 0.2) is 0 Å². The van der Waals surface area contributed by atoms with Crippen molar-refractivity contribution < 1.29 is 13.9 Å². The van der Waals surface area contributed by atoms with E-state index in [9.17, 15) is 9.18 Å². The second-order valence-corrected chi connectivity index (χ2v) is 4.25. The van der Waals surface area contributed by atoms with Crippen molar-refractivity contribution in [2.45, 2.75) is 19.4 Å². The van der Waals surface area contributed by atoms with Gasteiger partial charge in [-0.15, -0.1) is 0 Å². The van der Waals surface area contributed by atoms with Gasteiger partial charge in [-0.05, 0) is 32.5 Å². The van der Waals surface area contributed by atoms with Gasteiger partial charge in [-0.1, -0.05) is 12.1 Å². The first kappa shape index (κ1) is 15.4. The molecular formula is C14H21FN2O2. The molecule has 1 rings (SSSR count). The summed E-state index contributed by atoms with van der Waals surface area (Å²) in [5.41, 5.74) is 0.529. The summed E-state index contributed by atoms with van der Waals surface area (Å²) in [6.07, 6.45) is 0.556. The maximum absolute atomic E-state index is 13.6. The Hall–Kier alpha value is -1.62. The van der Waals surface area contributed by atoms with Crippen molar-refractivity contribution in [3.63, 3.8) is 0 Å². The van der Waals surface area contributed by atoms with Crippen molar-refractivity contribution in [3.8, 4) is 0 Å². The number of benzene rings is 1. The quantitative estimate of drug-likeness (QED) is 0.766. The number of para-hydroxylation sites is 1. The van der Waals surface area contributed by atoms with E-state index < -0.39 is 0 Å². The molecule has 0 radical (unpaired) electrons. The number of carbonyl (C=O) groups is 1. The van der Waals surface area contributed by atoms with Gasteiger partial charge in [0, 0.05) is 13.6 Å². The summed E-state index contributed by atoms with van der Waals surface area (Å²) in [5.74, 6) is -0.533. The van der Waals surface area contributed by atoms with Crippen LogP contribution in [0.5, 0.6) is 0 Å². The van der Waals surface area contributed by atoms with Crippen molar-refractivity contribution in [3.05, 3.63) is 30.1 Å². The van der Waals surface area contributed by atoms with Crippen molar-refractivity contribution >= 4 is 11.7 Å². The normalized spacial score (nSPS) is 12.0. The van der Waals surface area contributed by atoms with Crippen LogP contribution in [-0.2, 0) is 9.53 Å². The number of likely N-dealkylation sites (N-methyl/N-ethyl adjacent to an activating group) is 1. The number of carbonyl (C=O) groups excluding carboxylic acids is 1. The summed E-state index contributed by atoms with van der Waals surface area (Å²) in [6.45, 7) is 2.70. The van der Waals surface area contributed by atoms with E-state index in [4.69, 9.17) is 4.74 Å². The van der Waals surface area contributed by atoms with Crippen molar-refractivity contribution in [2.24, 2.45) is 0 Å². The molecule has 1 aromatic rings. The molecule has 0 aliphatic carbocycles. The van der Waals surface area contributed by atoms with Crippen LogP contribution in [0.1, 0.15) is 13.3 Å². The number of halogens is 1. The van der Waals surface area contributed by atoms with Crippen LogP contribution in [0.4, 0.5) is 10.1 Å². The van der Waals surface area contributed by atoms with Crippen molar-refractivity contribution in [1.29, 1.82) is 0 Å². The highest BCUT2D eigenvalue weighted by Gasteiger charge is 2.18. The Labute approximate surface area is 113 Å². The Kier molecular flexibility index (Phi) is 6.29. The fourth-order valence-corrected chi connectivity index (χ4v) is 1.83. The molecule has 1 N–H and O–H groups in total. The molecule has 0 spiro atoms. The minimum atomic E-state index is -0.367. The minimum Gasteiger partial charge on any atom is -0.465 e. The molecular weight excluding hydrogens is 247 g/mol. The monoisotopic (exact) mass is 268 g/mol. The molecule has 1 unspecified atom stereocenters. The van der Waals surface area contributed by atoms with Gasteiger partial charge in [-0.25, -0.2) is 4.39 Å². The van der Waals surface area contributed by atoms with Crippen LogP contribution in [0.25, 0.3) is 0 Å². The molecule has 0 bridgehead atoms. The molecule has 1 aromatic carbocycles. The van der Waals surface area contributed by atoms with Gasteiger partial charge in [0.25, 0.3) is 0 Å². The zero-order valence-electron chi connectivity index (χ0n) is 11.6. The number of hydrogen-bond donors (Lipinski definition) is 1. The van der Waals surface area contributed by atoms with Gasteiger partial charge in [0.2, 0.25) is 0 Å². The van der Waals surface area contributed by atoms with E-state index >= 15 is 0 Å². The Morgan fingerprint density at radius 1 is 1.47 bits per heavy atom. The largest absolute Gasteiger partial charge is 0.465 e. The Morgan fingerprint density at radius 3 is 2.74 bits per heavy atom. The topological polar surface area (TPSA) is 41.6 Å². The average molecular weight is 268 g/mol. The first-order valence-electron chi connectivity index (χ1n) is 6.39. The van der Waals surface area contributed by atoms with E-state index in [1.807, 2.05) is 0 Å². The van der Waals surface area contributed by atoms with E-state index in [0.29, 0.717) is 25.3 Å². The molecule has 0 saturated heterocycles. The molecule has 19 heavy (non-hydrogen) atoms. The number of rotatable bonds is 7. The maximum atomic E-state index is 13.6. The van der Waals surface area contributed by atoms with Gasteiger partial charge in [-0.2, -0.15) is 0 Å². The standard InChI is InChI=1S/C14H21FN2O2/c1-4-19-14(18)12(16-2)9-10-17(3)13-8-6-5-7-11(13)15/h5-8,12,16H,4,9-10H2,1-3H3. The van der Waals surface area contributed by atoms with Crippen LogP contribution >= 0.6 is 0 Å². The van der Waals surface area contributed by atoms with E-state index in [0.717, 1.165) is 0 Å². The summed E-state index contributed by atoms with van der Waals surface area (Å²) in [7, 11) is 3.51. The van der Waals surface area contributed by atoms with Crippen molar-refractivity contribution in [2.75, 3.05) is 32.1 Å². The Balaban J connectivity index is 2.55. The van der Waals surface area contributed by atoms with E-state index in [-0.39, 0.29) is 17.8 Å². The van der Waals surface area contributed by atoms with Gasteiger partial charge < -0.3 is 15.0 Å². The molecule has 5 heteroatoms. The minimum absolute atomic E-state index is 0.262. The number of ether oxygens (including phenoxy) is 1. The SMILES string of the molecule is CCOC(=O)C(CCN(C)c1ccccc1F)NC. The maximum Gasteiger partial charge on any atom is 0.323 e. The lowest BCUT2D eigenvalue weighted by Crippen LogP contribution is -2.38. The van der Waals surface area contributed by atoms with Gasteiger partial charge in [0.1, 0.15) is 11.9 Å². The third-order valence-electron chi connectivity index (χ3n) is 2.94. The lowest BCUT2D eigenvalue weighted by atomic mass is 10.2. The van der Waals surface area contributed by atoms with Gasteiger partial charge in [-0.3, -0.25) is 4.79 Å². The number of esters is 1. The molecule has 0 fully saturated rings. The van der Waals surface area contributed by atoms with Crippen LogP contribution in [-0.4, -0.2) is 39.3 Å². The van der Waals surface area contributed by atoms with Crippen molar-refractivity contribution in [1.82, 2.24) is 5.32 Å². The lowest BCUT2D eigenvalue weighted by molar-refractivity contribution is -0.145. The zero-order chi connectivity index (χ0) is 14.3. The summed E-state index contributed by atoms with van der Waals surface area (Å²) >= 11 is 0. The van der Waals surface area contributed by atoms with Crippen LogP contribution in [0.2, 0.25) is 0 Å². The second kappa shape index (κ2) is 7.74. The third kappa shape index (κ3) is 4.52. The van der Waals surface area contributed by atoms with Crippen LogP contribution < -0.4 is 10.2 Å². The molecule has 4 nitrogen and oxygen atoms in total. The van der Waals surface area contributed by atoms with E-state index in [2.05, 4.69) is 5.32 Å². The summed E-state index contributed by atoms with van der Waals surface area (Å²) in [5, 5.41) is 2.91. The average Bonchev–Trinajstić information content (AvgIpc) is 2.40. The first-order valence-corrected chi connectivity index (χ1v) is 6.39. The van der Waals surface area contributed by atoms with Crippen LogP contribution in [0.15, 0.2) is 24.3 Å². The fraction of sp³-hybridized carbons (Fsp3) is 0.500. The number of nitrogens with zero attached hydrogens (tertiary/aromatic N) is 1. The molecule has 0 saturated carbocycles. The highest BCUT2D eigenvalue weighted by molar-refractivity contribution is 5.75. The molecule has 0 aliphatic heterocycles. The predicted molar refractivity (Wildman–Crippen MR) is 73.8 cm³/mol. The molecule has 106 valence electrons. The molecule has 0 aromatic heterocycles. The van der Waals surface area contributed by atoms with Gasteiger partial charge >= 0.3 is 5.97 Å². The van der Waals surface area contributed by atoms with Crippen LogP contribution in [0, 0.1) is 5.82 Å². The predicted octanol–water partition coefficient (Wildman–Crippen LogP) is 1.80. The molecule has 1 atom stereocenters. The van der Waals surface area contributed by atoms with Gasteiger partial charge in [0.05, 0.1) is 12.3 Å². The van der Waals surface area contributed by atoms with E-state index in [1.165, 1.54) is 6.07 Å². The highest BCUT2D eigenvalue weighted by atomic mass is 19.1. The Bertz CT molecular complexity index is 412. The molecule has 0 heterocycles. The van der Waals surface area contributed by atoms with E-state index in [1.54, 1.807) is 44.1 Å². The third-order valence-corrected chi connectivity index (χ3v) is 2.94. The number of nitrogens with one attached hydrogen (secondary N) is 1. The second-order valence-electron chi connectivity index (χ2n) is 4.25. The highest BCUT2D eigenvalue weighted by Crippen LogP contribution is 2.17. The van der Waals surface area contributed by atoms with Crippen LogP contribution in [0.3, 0.4) is 0 Å². The summed E-state index contributed by atoms with van der Waals surface area (Å²) in [6, 6.07) is 6.22. The molecule has 0 amide bonds. The Morgan fingerprint density at radius 2 is 2.16 bits per heavy atom. The fourth-order valence-electron chi connectivity index (χ4n) is 1.83. The summed E-state index contributed by atoms with van der Waals surface area (Å²) < 4.78 is 18.5. The number of anilines is 1. The first-order chi connectivity index (χ1) is 9.10. The molecule has 0 aliphatic rings. The summed E-state index contributed by atoms with van der Waals surface area (Å²) in [4.78, 5) is 13.4.